The van der Waals surface area contributed by atoms with Crippen molar-refractivity contribution in [1.29, 1.82) is 0 Å². The fourth-order valence-electron chi connectivity index (χ4n) is 6.07. The first-order valence-electron chi connectivity index (χ1n) is 15.8. The van der Waals surface area contributed by atoms with Gasteiger partial charge in [-0.15, -0.1) is 0 Å². The molecule has 2 aliphatic rings. The Hall–Kier alpha value is -3.65. The van der Waals surface area contributed by atoms with Crippen molar-refractivity contribution >= 4 is 17.5 Å². The number of carbonyl (C=O) groups is 1. The number of aliphatic carboxylic acids is 1. The quantitative estimate of drug-likeness (QED) is 0.255. The normalized spacial score (nSPS) is 17.5. The second kappa shape index (κ2) is 13.1. The fourth-order valence-corrected chi connectivity index (χ4v) is 6.07. The van der Waals surface area contributed by atoms with Crippen LogP contribution >= 0.6 is 0 Å². The summed E-state index contributed by atoms with van der Waals surface area (Å²) in [6, 6.07) is 14.4. The Morgan fingerprint density at radius 1 is 0.977 bits per heavy atom. The van der Waals surface area contributed by atoms with Crippen LogP contribution in [0.1, 0.15) is 77.5 Å². The first-order valence-corrected chi connectivity index (χ1v) is 15.8. The van der Waals surface area contributed by atoms with Gasteiger partial charge in [-0.25, -0.2) is 14.2 Å². The largest absolute Gasteiger partial charge is 0.493 e. The van der Waals surface area contributed by atoms with Gasteiger partial charge in [-0.3, -0.25) is 0 Å². The summed E-state index contributed by atoms with van der Waals surface area (Å²) in [4.78, 5) is 22.5. The highest BCUT2D eigenvalue weighted by Crippen LogP contribution is 2.46. The van der Waals surface area contributed by atoms with Crippen molar-refractivity contribution in [3.63, 3.8) is 0 Å². The number of piperidine rings is 1. The van der Waals surface area contributed by atoms with E-state index in [4.69, 9.17) is 14.5 Å². The number of pyridine rings is 1. The minimum absolute atomic E-state index is 0.225. The van der Waals surface area contributed by atoms with E-state index in [1.54, 1.807) is 12.1 Å². The van der Waals surface area contributed by atoms with Crippen molar-refractivity contribution in [1.82, 2.24) is 4.98 Å². The lowest BCUT2D eigenvalue weighted by molar-refractivity contribution is -0.160. The zero-order chi connectivity index (χ0) is 31.5. The Bertz CT molecular complexity index is 1420. The van der Waals surface area contributed by atoms with E-state index >= 15 is 0 Å². The third kappa shape index (κ3) is 7.70. The van der Waals surface area contributed by atoms with Gasteiger partial charge >= 0.3 is 5.97 Å². The molecule has 2 fully saturated rings. The number of rotatable bonds is 10. The molecule has 0 aliphatic carbocycles. The van der Waals surface area contributed by atoms with E-state index in [-0.39, 0.29) is 11.2 Å². The van der Waals surface area contributed by atoms with Crippen molar-refractivity contribution in [3.05, 3.63) is 71.7 Å². The van der Waals surface area contributed by atoms with Gasteiger partial charge in [0.25, 0.3) is 0 Å². The molecule has 1 aromatic heterocycles. The molecule has 7 nitrogen and oxygen atoms in total. The number of hydrogen-bond acceptors (Lipinski definition) is 6. The zero-order valence-corrected chi connectivity index (χ0v) is 26.7. The van der Waals surface area contributed by atoms with Gasteiger partial charge in [0.1, 0.15) is 17.4 Å². The lowest BCUT2D eigenvalue weighted by atomic mass is 9.82. The molecule has 1 N–H and O–H groups in total. The number of nitrogens with zero attached hydrogens (tertiary/aromatic N) is 3. The minimum Gasteiger partial charge on any atom is -0.493 e. The first kappa shape index (κ1) is 31.8. The van der Waals surface area contributed by atoms with Gasteiger partial charge in [0.2, 0.25) is 0 Å². The number of anilines is 2. The van der Waals surface area contributed by atoms with Gasteiger partial charge in [0.05, 0.1) is 23.5 Å². The number of ether oxygens (including phenoxy) is 2. The number of carboxylic acids is 1. The predicted octanol–water partition coefficient (Wildman–Crippen LogP) is 7.68. The highest BCUT2D eigenvalue weighted by molar-refractivity contribution is 5.89. The lowest BCUT2D eigenvalue weighted by Gasteiger charge is -2.41. The summed E-state index contributed by atoms with van der Waals surface area (Å²) in [5, 5.41) is 10.6. The summed E-state index contributed by atoms with van der Waals surface area (Å²) >= 11 is 0. The second-order valence-corrected chi connectivity index (χ2v) is 13.8. The van der Waals surface area contributed by atoms with Crippen molar-refractivity contribution < 1.29 is 23.8 Å². The average molecular weight is 604 g/mol. The number of benzene rings is 2. The van der Waals surface area contributed by atoms with Gasteiger partial charge in [-0.1, -0.05) is 38.1 Å². The topological polar surface area (TPSA) is 75.1 Å². The maximum Gasteiger partial charge on any atom is 0.337 e. The van der Waals surface area contributed by atoms with E-state index in [9.17, 15) is 14.3 Å². The van der Waals surface area contributed by atoms with Crippen LogP contribution in [-0.4, -0.2) is 54.4 Å². The molecule has 0 bridgehead atoms. The van der Waals surface area contributed by atoms with Crippen LogP contribution in [0.2, 0.25) is 0 Å². The Morgan fingerprint density at radius 2 is 1.61 bits per heavy atom. The number of aromatic nitrogens is 1. The molecule has 3 aromatic rings. The molecule has 2 saturated heterocycles. The van der Waals surface area contributed by atoms with Crippen molar-refractivity contribution in [2.75, 3.05) is 42.6 Å². The van der Waals surface area contributed by atoms with Crippen LogP contribution in [0.5, 0.6) is 5.75 Å². The number of hydrogen-bond donors (Lipinski definition) is 1. The van der Waals surface area contributed by atoms with E-state index in [1.165, 1.54) is 12.1 Å². The number of carboxylic acid groups (broad SMARTS) is 1. The molecule has 2 aliphatic heterocycles. The smallest absolute Gasteiger partial charge is 0.337 e. The number of halogens is 1. The Balaban J connectivity index is 1.54. The maximum absolute atomic E-state index is 13.2. The summed E-state index contributed by atoms with van der Waals surface area (Å²) in [7, 11) is 0. The molecule has 236 valence electrons. The molecule has 0 spiro atoms. The summed E-state index contributed by atoms with van der Waals surface area (Å²) in [6.07, 6.45) is 5.53. The fraction of sp³-hybridized carbons (Fsp3) is 0.500. The van der Waals surface area contributed by atoms with Crippen LogP contribution in [0.25, 0.3) is 11.1 Å². The monoisotopic (exact) mass is 603 g/mol. The predicted molar refractivity (Wildman–Crippen MR) is 173 cm³/mol. The molecule has 0 saturated carbocycles. The third-order valence-corrected chi connectivity index (χ3v) is 8.60. The van der Waals surface area contributed by atoms with Crippen LogP contribution in [0.3, 0.4) is 0 Å². The van der Waals surface area contributed by atoms with E-state index in [0.29, 0.717) is 24.4 Å². The molecule has 1 atom stereocenters. The summed E-state index contributed by atoms with van der Waals surface area (Å²) < 4.78 is 25.6. The van der Waals surface area contributed by atoms with Gasteiger partial charge in [0, 0.05) is 44.4 Å². The van der Waals surface area contributed by atoms with E-state index in [0.717, 1.165) is 80.0 Å². The Labute approximate surface area is 261 Å². The molecule has 0 unspecified atom stereocenters. The second-order valence-electron chi connectivity index (χ2n) is 13.8. The van der Waals surface area contributed by atoms with Crippen molar-refractivity contribution in [3.8, 4) is 16.9 Å². The van der Waals surface area contributed by atoms with Gasteiger partial charge in [-0.2, -0.15) is 0 Å². The minimum atomic E-state index is -1.17. The third-order valence-electron chi connectivity index (χ3n) is 8.60. The molecule has 8 heteroatoms. The zero-order valence-electron chi connectivity index (χ0n) is 26.7. The van der Waals surface area contributed by atoms with Crippen molar-refractivity contribution in [2.45, 2.75) is 78.4 Å². The van der Waals surface area contributed by atoms with Crippen LogP contribution in [-0.2, 0) is 16.0 Å². The first-order chi connectivity index (χ1) is 20.9. The molecular formula is C36H46FN3O4. The SMILES string of the molecule is CC1(C)CCN(c2c(-c3ccc(OCCc4ccc(F)cc4)cc3)cnc(N3CCCC3)c2[C@H](OC(C)(C)C)C(=O)O)CC1. The molecule has 0 radical (unpaired) electrons. The molecule has 3 heterocycles. The molecule has 2 aromatic carbocycles. The summed E-state index contributed by atoms with van der Waals surface area (Å²) in [6.45, 7) is 14.1. The van der Waals surface area contributed by atoms with Crippen LogP contribution in [0, 0.1) is 11.2 Å². The van der Waals surface area contributed by atoms with E-state index in [1.807, 2.05) is 51.2 Å². The summed E-state index contributed by atoms with van der Waals surface area (Å²) in [5.74, 6) is 0.188. The van der Waals surface area contributed by atoms with E-state index in [2.05, 4.69) is 23.6 Å². The average Bonchev–Trinajstić information content (AvgIpc) is 3.51. The summed E-state index contributed by atoms with van der Waals surface area (Å²) in [5.41, 5.74) is 3.95. The molecule has 44 heavy (non-hydrogen) atoms. The molecular weight excluding hydrogens is 557 g/mol. The van der Waals surface area contributed by atoms with Crippen LogP contribution in [0.15, 0.2) is 54.7 Å². The highest BCUT2D eigenvalue weighted by Gasteiger charge is 2.38. The Kier molecular flexibility index (Phi) is 9.49. The van der Waals surface area contributed by atoms with Gasteiger partial charge in [-0.05, 0) is 87.3 Å². The standard InChI is InChI=1S/C36H46FN3O4/c1-35(2,3)44-32(34(41)42)30-31(39-21-17-36(4,5)18-22-39)29(24-38-33(30)40-19-6-7-20-40)26-10-14-28(15-11-26)43-23-16-25-8-12-27(37)13-9-25/h8-15,24,32H,6-7,16-23H2,1-5H3,(H,41,42)/t32-/m0/s1. The highest BCUT2D eigenvalue weighted by atomic mass is 19.1. The van der Waals surface area contributed by atoms with Gasteiger partial charge < -0.3 is 24.4 Å². The van der Waals surface area contributed by atoms with Crippen LogP contribution < -0.4 is 14.5 Å². The Morgan fingerprint density at radius 3 is 2.20 bits per heavy atom. The van der Waals surface area contributed by atoms with Crippen molar-refractivity contribution in [2.24, 2.45) is 5.41 Å². The molecule has 0 amide bonds. The van der Waals surface area contributed by atoms with Crippen LogP contribution in [0.4, 0.5) is 15.9 Å². The maximum atomic E-state index is 13.2. The lowest BCUT2D eigenvalue weighted by Crippen LogP contribution is -2.39. The van der Waals surface area contributed by atoms with E-state index < -0.39 is 17.7 Å². The van der Waals surface area contributed by atoms with Gasteiger partial charge in [0.15, 0.2) is 6.10 Å². The molecule has 5 rings (SSSR count).